The number of anilines is 2. The highest BCUT2D eigenvalue weighted by Crippen LogP contribution is 2.28. The monoisotopic (exact) mass is 303 g/mol. The first kappa shape index (κ1) is 14.0. The van der Waals surface area contributed by atoms with Crippen molar-refractivity contribution in [1.82, 2.24) is 4.98 Å². The van der Waals surface area contributed by atoms with Crippen molar-refractivity contribution in [2.24, 2.45) is 0 Å². The van der Waals surface area contributed by atoms with Gasteiger partial charge in [0, 0.05) is 25.8 Å². The number of aromatic hydroxyl groups is 1. The van der Waals surface area contributed by atoms with Crippen LogP contribution in [0, 0.1) is 0 Å². The average Bonchev–Trinajstić information content (AvgIpc) is 3.03. The minimum atomic E-state index is 0.111. The van der Waals surface area contributed by atoms with Crippen LogP contribution in [0.3, 0.4) is 0 Å². The Hall–Kier alpha value is -1.94. The molecule has 1 aromatic heterocycles. The van der Waals surface area contributed by atoms with Crippen LogP contribution in [0.4, 0.5) is 11.5 Å². The fraction of sp³-hybridized carbons (Fsp3) is 0.312. The zero-order valence-corrected chi connectivity index (χ0v) is 12.5. The molecule has 0 amide bonds. The summed E-state index contributed by atoms with van der Waals surface area (Å²) in [5.41, 5.74) is 2.05. The Bertz CT molecular complexity index is 627. The summed E-state index contributed by atoms with van der Waals surface area (Å²) >= 11 is 5.93. The molecule has 0 atom stereocenters. The molecule has 5 heteroatoms. The van der Waals surface area contributed by atoms with Gasteiger partial charge in [0.1, 0.15) is 5.75 Å². The SMILES string of the molecule is Oc1ccc(CNc2cccnc2N2CCCC2)cc1Cl. The van der Waals surface area contributed by atoms with E-state index in [-0.39, 0.29) is 5.75 Å². The molecule has 0 unspecified atom stereocenters. The predicted octanol–water partition coefficient (Wildman–Crippen LogP) is 3.65. The molecule has 0 radical (unpaired) electrons. The van der Waals surface area contributed by atoms with Crippen LogP contribution in [0.5, 0.6) is 5.75 Å². The van der Waals surface area contributed by atoms with Crippen LogP contribution >= 0.6 is 11.6 Å². The quantitative estimate of drug-likeness (QED) is 0.905. The number of halogens is 1. The second-order valence-corrected chi connectivity index (χ2v) is 5.62. The van der Waals surface area contributed by atoms with E-state index in [0.29, 0.717) is 11.6 Å². The first-order valence-electron chi connectivity index (χ1n) is 7.15. The van der Waals surface area contributed by atoms with Gasteiger partial charge in [-0.15, -0.1) is 0 Å². The molecule has 21 heavy (non-hydrogen) atoms. The van der Waals surface area contributed by atoms with Crippen molar-refractivity contribution < 1.29 is 5.11 Å². The summed E-state index contributed by atoms with van der Waals surface area (Å²) in [7, 11) is 0. The average molecular weight is 304 g/mol. The van der Waals surface area contributed by atoms with Gasteiger partial charge in [-0.2, -0.15) is 0 Å². The molecule has 1 aromatic carbocycles. The Balaban J connectivity index is 1.74. The lowest BCUT2D eigenvalue weighted by Crippen LogP contribution is -2.20. The minimum Gasteiger partial charge on any atom is -0.506 e. The molecule has 3 rings (SSSR count). The van der Waals surface area contributed by atoms with E-state index in [0.717, 1.165) is 30.2 Å². The van der Waals surface area contributed by atoms with E-state index in [1.165, 1.54) is 12.8 Å². The van der Waals surface area contributed by atoms with Gasteiger partial charge < -0.3 is 15.3 Å². The minimum absolute atomic E-state index is 0.111. The molecule has 1 aliphatic rings. The van der Waals surface area contributed by atoms with Gasteiger partial charge in [-0.1, -0.05) is 17.7 Å². The van der Waals surface area contributed by atoms with Crippen molar-refractivity contribution in [2.75, 3.05) is 23.3 Å². The largest absolute Gasteiger partial charge is 0.506 e. The van der Waals surface area contributed by atoms with Crippen molar-refractivity contribution >= 4 is 23.1 Å². The predicted molar refractivity (Wildman–Crippen MR) is 86.1 cm³/mol. The molecule has 2 aromatic rings. The highest BCUT2D eigenvalue weighted by atomic mass is 35.5. The number of hydrogen-bond acceptors (Lipinski definition) is 4. The zero-order chi connectivity index (χ0) is 14.7. The summed E-state index contributed by atoms with van der Waals surface area (Å²) in [4.78, 5) is 6.81. The highest BCUT2D eigenvalue weighted by Gasteiger charge is 2.16. The van der Waals surface area contributed by atoms with Crippen molar-refractivity contribution in [3.05, 3.63) is 47.1 Å². The van der Waals surface area contributed by atoms with Crippen LogP contribution in [0.2, 0.25) is 5.02 Å². The molecular weight excluding hydrogens is 286 g/mol. The third kappa shape index (κ3) is 3.22. The van der Waals surface area contributed by atoms with Crippen LogP contribution in [0.1, 0.15) is 18.4 Å². The molecule has 4 nitrogen and oxygen atoms in total. The van der Waals surface area contributed by atoms with Crippen LogP contribution in [-0.2, 0) is 6.54 Å². The summed E-state index contributed by atoms with van der Waals surface area (Å²) in [6.45, 7) is 2.78. The standard InChI is InChI=1S/C16H18ClN3O/c17-13-10-12(5-6-15(13)21)11-19-14-4-3-7-18-16(14)20-8-1-2-9-20/h3-7,10,19,21H,1-2,8-9,11H2. The Morgan fingerprint density at radius 1 is 1.24 bits per heavy atom. The topological polar surface area (TPSA) is 48.4 Å². The first-order chi connectivity index (χ1) is 10.2. The Kier molecular flexibility index (Phi) is 4.15. The molecule has 1 saturated heterocycles. The van der Waals surface area contributed by atoms with Crippen molar-refractivity contribution in [3.63, 3.8) is 0 Å². The maximum atomic E-state index is 9.45. The lowest BCUT2D eigenvalue weighted by Gasteiger charge is -2.20. The smallest absolute Gasteiger partial charge is 0.151 e. The summed E-state index contributed by atoms with van der Waals surface area (Å²) in [6, 6.07) is 9.23. The molecule has 0 aliphatic carbocycles. The highest BCUT2D eigenvalue weighted by molar-refractivity contribution is 6.32. The summed E-state index contributed by atoms with van der Waals surface area (Å²) < 4.78 is 0. The number of phenols is 1. The van der Waals surface area contributed by atoms with Gasteiger partial charge in [-0.25, -0.2) is 4.98 Å². The van der Waals surface area contributed by atoms with E-state index in [9.17, 15) is 5.11 Å². The summed E-state index contributed by atoms with van der Waals surface area (Å²) in [5, 5.41) is 13.2. The van der Waals surface area contributed by atoms with E-state index >= 15 is 0 Å². The fourth-order valence-electron chi connectivity index (χ4n) is 2.57. The number of rotatable bonds is 4. The molecule has 2 N–H and O–H groups in total. The third-order valence-electron chi connectivity index (χ3n) is 3.69. The number of hydrogen-bond donors (Lipinski definition) is 2. The van der Waals surface area contributed by atoms with Gasteiger partial charge in [0.25, 0.3) is 0 Å². The summed E-state index contributed by atoms with van der Waals surface area (Å²) in [5.74, 6) is 1.12. The Morgan fingerprint density at radius 2 is 2.05 bits per heavy atom. The number of benzene rings is 1. The van der Waals surface area contributed by atoms with E-state index in [1.54, 1.807) is 12.1 Å². The van der Waals surface area contributed by atoms with Crippen molar-refractivity contribution in [2.45, 2.75) is 19.4 Å². The first-order valence-corrected chi connectivity index (χ1v) is 7.53. The maximum Gasteiger partial charge on any atom is 0.151 e. The molecule has 0 spiro atoms. The van der Waals surface area contributed by atoms with Crippen LogP contribution in [0.15, 0.2) is 36.5 Å². The number of pyridine rings is 1. The van der Waals surface area contributed by atoms with Crippen LogP contribution in [0.25, 0.3) is 0 Å². The zero-order valence-electron chi connectivity index (χ0n) is 11.7. The van der Waals surface area contributed by atoms with Gasteiger partial charge in [0.05, 0.1) is 10.7 Å². The Morgan fingerprint density at radius 3 is 2.81 bits per heavy atom. The second kappa shape index (κ2) is 6.22. The second-order valence-electron chi connectivity index (χ2n) is 5.21. The van der Waals surface area contributed by atoms with Gasteiger partial charge in [0.15, 0.2) is 5.82 Å². The molecular formula is C16H18ClN3O. The molecule has 1 fully saturated rings. The molecule has 2 heterocycles. The van der Waals surface area contributed by atoms with Gasteiger partial charge in [-0.05, 0) is 42.7 Å². The molecule has 1 aliphatic heterocycles. The van der Waals surface area contributed by atoms with Gasteiger partial charge in [-0.3, -0.25) is 0 Å². The molecule has 0 saturated carbocycles. The van der Waals surface area contributed by atoms with Gasteiger partial charge in [0.2, 0.25) is 0 Å². The normalized spacial score (nSPS) is 14.4. The van der Waals surface area contributed by atoms with E-state index < -0.39 is 0 Å². The van der Waals surface area contributed by atoms with Crippen LogP contribution in [-0.4, -0.2) is 23.2 Å². The van der Waals surface area contributed by atoms with Crippen molar-refractivity contribution in [1.29, 1.82) is 0 Å². The third-order valence-corrected chi connectivity index (χ3v) is 3.99. The lowest BCUT2D eigenvalue weighted by molar-refractivity contribution is 0.475. The fourth-order valence-corrected chi connectivity index (χ4v) is 2.78. The Labute approximate surface area is 129 Å². The van der Waals surface area contributed by atoms with Crippen LogP contribution < -0.4 is 10.2 Å². The summed E-state index contributed by atoms with van der Waals surface area (Å²) in [6.07, 6.45) is 4.28. The van der Waals surface area contributed by atoms with Crippen molar-refractivity contribution in [3.8, 4) is 5.75 Å². The maximum absolute atomic E-state index is 9.45. The number of phenolic OH excluding ortho intramolecular Hbond substituents is 1. The number of nitrogens with zero attached hydrogens (tertiary/aromatic N) is 2. The van der Waals surface area contributed by atoms with E-state index in [4.69, 9.17) is 11.6 Å². The van der Waals surface area contributed by atoms with E-state index in [1.807, 2.05) is 24.4 Å². The lowest BCUT2D eigenvalue weighted by atomic mass is 10.2. The number of aromatic nitrogens is 1. The molecule has 110 valence electrons. The van der Waals surface area contributed by atoms with E-state index in [2.05, 4.69) is 15.2 Å². The van der Waals surface area contributed by atoms with Gasteiger partial charge >= 0.3 is 0 Å². The number of nitrogens with one attached hydrogen (secondary N) is 1. The molecule has 0 bridgehead atoms.